The number of esters is 1. The van der Waals surface area contributed by atoms with Gasteiger partial charge in [0.1, 0.15) is 12.3 Å². The van der Waals surface area contributed by atoms with Crippen LogP contribution in [0.1, 0.15) is 18.1 Å². The first kappa shape index (κ1) is 18.2. The van der Waals surface area contributed by atoms with Crippen LogP contribution >= 0.6 is 0 Å². The van der Waals surface area contributed by atoms with Crippen LogP contribution in [0.25, 0.3) is 0 Å². The molecular weight excluding hydrogens is 326 g/mol. The Hall–Kier alpha value is -2.18. The summed E-state index contributed by atoms with van der Waals surface area (Å²) in [6, 6.07) is 13.6. The van der Waals surface area contributed by atoms with Gasteiger partial charge in [0.15, 0.2) is 0 Å². The summed E-state index contributed by atoms with van der Waals surface area (Å²) in [5.41, 5.74) is 2.10. The number of ether oxygens (including phenoxy) is 1. The van der Waals surface area contributed by atoms with Crippen LogP contribution in [0.15, 0.2) is 53.4 Å². The Morgan fingerprint density at radius 2 is 1.62 bits per heavy atom. The average molecular weight is 347 g/mol. The second kappa shape index (κ2) is 7.59. The molecule has 0 aliphatic heterocycles. The van der Waals surface area contributed by atoms with Crippen LogP contribution in [0.2, 0.25) is 0 Å². The van der Waals surface area contributed by atoms with Gasteiger partial charge in [0, 0.05) is 7.05 Å². The SMILES string of the molecule is CCc1ccc(OC(=O)CN(C)S(=O)(=O)c2ccc(C)cc2)cc1. The molecule has 6 heteroatoms. The third-order valence-corrected chi connectivity index (χ3v) is 5.46. The molecule has 128 valence electrons. The second-order valence-electron chi connectivity index (χ2n) is 5.55. The maximum absolute atomic E-state index is 12.4. The zero-order valence-corrected chi connectivity index (χ0v) is 14.8. The number of rotatable bonds is 6. The highest BCUT2D eigenvalue weighted by Gasteiger charge is 2.23. The Balaban J connectivity index is 2.03. The molecule has 2 aromatic rings. The summed E-state index contributed by atoms with van der Waals surface area (Å²) >= 11 is 0. The second-order valence-corrected chi connectivity index (χ2v) is 7.59. The van der Waals surface area contributed by atoms with Crippen molar-refractivity contribution >= 4 is 16.0 Å². The number of benzene rings is 2. The van der Waals surface area contributed by atoms with Crippen LogP contribution in [0.4, 0.5) is 0 Å². The molecule has 0 saturated heterocycles. The van der Waals surface area contributed by atoms with Crippen molar-refractivity contribution in [1.82, 2.24) is 4.31 Å². The van der Waals surface area contributed by atoms with Crippen molar-refractivity contribution in [3.8, 4) is 5.75 Å². The molecule has 0 radical (unpaired) electrons. The molecule has 0 N–H and O–H groups in total. The molecule has 0 amide bonds. The first-order chi connectivity index (χ1) is 11.3. The third-order valence-electron chi connectivity index (χ3n) is 3.64. The van der Waals surface area contributed by atoms with E-state index in [9.17, 15) is 13.2 Å². The van der Waals surface area contributed by atoms with Crippen LogP contribution in [-0.2, 0) is 21.2 Å². The standard InChI is InChI=1S/C18H21NO4S/c1-4-15-7-9-16(10-8-15)23-18(20)13-19(3)24(21,22)17-11-5-14(2)6-12-17/h5-12H,4,13H2,1-3H3. The predicted molar refractivity (Wildman–Crippen MR) is 92.4 cm³/mol. The minimum absolute atomic E-state index is 0.149. The summed E-state index contributed by atoms with van der Waals surface area (Å²) in [6.07, 6.45) is 0.895. The van der Waals surface area contributed by atoms with E-state index in [1.165, 1.54) is 19.2 Å². The molecular formula is C18H21NO4S. The Labute approximate surface area is 142 Å². The van der Waals surface area contributed by atoms with Gasteiger partial charge in [0.05, 0.1) is 4.90 Å². The summed E-state index contributed by atoms with van der Waals surface area (Å²) in [4.78, 5) is 12.1. The van der Waals surface area contributed by atoms with E-state index in [4.69, 9.17) is 4.74 Å². The Kier molecular flexibility index (Phi) is 5.75. The molecule has 0 spiro atoms. The predicted octanol–water partition coefficient (Wildman–Crippen LogP) is 2.78. The van der Waals surface area contributed by atoms with E-state index < -0.39 is 16.0 Å². The Morgan fingerprint density at radius 1 is 1.04 bits per heavy atom. The van der Waals surface area contributed by atoms with Crippen LogP contribution in [0, 0.1) is 6.92 Å². The van der Waals surface area contributed by atoms with Gasteiger partial charge >= 0.3 is 5.97 Å². The maximum Gasteiger partial charge on any atom is 0.326 e. The van der Waals surface area contributed by atoms with E-state index >= 15 is 0 Å². The van der Waals surface area contributed by atoms with Gasteiger partial charge in [-0.05, 0) is 43.2 Å². The lowest BCUT2D eigenvalue weighted by atomic mass is 10.2. The number of carbonyl (C=O) groups excluding carboxylic acids is 1. The minimum Gasteiger partial charge on any atom is -0.426 e. The molecule has 0 aromatic heterocycles. The van der Waals surface area contributed by atoms with Crippen LogP contribution in [0.3, 0.4) is 0 Å². The molecule has 0 saturated carbocycles. The van der Waals surface area contributed by atoms with Crippen molar-refractivity contribution in [1.29, 1.82) is 0 Å². The topological polar surface area (TPSA) is 63.7 Å². The molecule has 0 atom stereocenters. The molecule has 5 nitrogen and oxygen atoms in total. The lowest BCUT2D eigenvalue weighted by Gasteiger charge is -2.16. The van der Waals surface area contributed by atoms with E-state index in [-0.39, 0.29) is 11.4 Å². The van der Waals surface area contributed by atoms with Crippen molar-refractivity contribution in [2.45, 2.75) is 25.2 Å². The average Bonchev–Trinajstić information content (AvgIpc) is 2.55. The highest BCUT2D eigenvalue weighted by molar-refractivity contribution is 7.89. The molecule has 0 aliphatic carbocycles. The van der Waals surface area contributed by atoms with Crippen molar-refractivity contribution < 1.29 is 17.9 Å². The van der Waals surface area contributed by atoms with Gasteiger partial charge in [0.2, 0.25) is 10.0 Å². The number of likely N-dealkylation sites (N-methyl/N-ethyl adjacent to an activating group) is 1. The number of nitrogens with zero attached hydrogens (tertiary/aromatic N) is 1. The number of carbonyl (C=O) groups is 1. The van der Waals surface area contributed by atoms with Gasteiger partial charge in [-0.2, -0.15) is 4.31 Å². The van der Waals surface area contributed by atoms with Crippen molar-refractivity contribution in [2.75, 3.05) is 13.6 Å². The fraction of sp³-hybridized carbons (Fsp3) is 0.278. The quantitative estimate of drug-likeness (QED) is 0.595. The zero-order valence-electron chi connectivity index (χ0n) is 14.0. The van der Waals surface area contributed by atoms with Crippen molar-refractivity contribution in [3.05, 3.63) is 59.7 Å². The lowest BCUT2D eigenvalue weighted by Crippen LogP contribution is -2.34. The fourth-order valence-corrected chi connectivity index (χ4v) is 3.23. The molecule has 0 heterocycles. The van der Waals surface area contributed by atoms with Gasteiger partial charge in [-0.15, -0.1) is 0 Å². The molecule has 0 bridgehead atoms. The van der Waals surface area contributed by atoms with Crippen molar-refractivity contribution in [2.24, 2.45) is 0 Å². The molecule has 0 fully saturated rings. The van der Waals surface area contributed by atoms with Crippen LogP contribution in [0.5, 0.6) is 5.75 Å². The van der Waals surface area contributed by atoms with E-state index in [1.807, 2.05) is 26.0 Å². The molecule has 0 unspecified atom stereocenters. The van der Waals surface area contributed by atoms with Gasteiger partial charge < -0.3 is 4.74 Å². The summed E-state index contributed by atoms with van der Waals surface area (Å²) in [5, 5.41) is 0. The Bertz CT molecular complexity index is 796. The van der Waals surface area contributed by atoms with E-state index in [0.717, 1.165) is 21.9 Å². The first-order valence-electron chi connectivity index (χ1n) is 7.65. The van der Waals surface area contributed by atoms with E-state index in [2.05, 4.69) is 0 Å². The maximum atomic E-state index is 12.4. The van der Waals surface area contributed by atoms with Gasteiger partial charge in [-0.3, -0.25) is 4.79 Å². The monoisotopic (exact) mass is 347 g/mol. The summed E-state index contributed by atoms with van der Waals surface area (Å²) < 4.78 is 31.0. The summed E-state index contributed by atoms with van der Waals surface area (Å²) in [5.74, 6) is -0.226. The number of hydrogen-bond donors (Lipinski definition) is 0. The highest BCUT2D eigenvalue weighted by Crippen LogP contribution is 2.16. The smallest absolute Gasteiger partial charge is 0.326 e. The van der Waals surface area contributed by atoms with Gasteiger partial charge in [-0.25, -0.2) is 8.42 Å². The van der Waals surface area contributed by atoms with Gasteiger partial charge in [0.25, 0.3) is 0 Å². The number of hydrogen-bond acceptors (Lipinski definition) is 4. The Morgan fingerprint density at radius 3 is 2.17 bits per heavy atom. The van der Waals surface area contributed by atoms with Crippen LogP contribution in [-0.4, -0.2) is 32.3 Å². The van der Waals surface area contributed by atoms with Crippen molar-refractivity contribution in [3.63, 3.8) is 0 Å². The van der Waals surface area contributed by atoms with E-state index in [0.29, 0.717) is 5.75 Å². The lowest BCUT2D eigenvalue weighted by molar-refractivity contribution is -0.134. The number of sulfonamides is 1. The largest absolute Gasteiger partial charge is 0.426 e. The zero-order chi connectivity index (χ0) is 17.7. The number of aryl methyl sites for hydroxylation is 2. The summed E-state index contributed by atoms with van der Waals surface area (Å²) in [6.45, 7) is 3.55. The fourth-order valence-electron chi connectivity index (χ4n) is 2.11. The molecule has 0 aliphatic rings. The highest BCUT2D eigenvalue weighted by atomic mass is 32.2. The molecule has 24 heavy (non-hydrogen) atoms. The van der Waals surface area contributed by atoms with E-state index in [1.54, 1.807) is 24.3 Å². The first-order valence-corrected chi connectivity index (χ1v) is 9.09. The normalized spacial score (nSPS) is 11.5. The summed E-state index contributed by atoms with van der Waals surface area (Å²) in [7, 11) is -2.36. The van der Waals surface area contributed by atoms with Crippen LogP contribution < -0.4 is 4.74 Å². The van der Waals surface area contributed by atoms with Gasteiger partial charge in [-0.1, -0.05) is 36.8 Å². The third kappa shape index (κ3) is 4.43. The molecule has 2 rings (SSSR count). The molecule has 2 aromatic carbocycles. The minimum atomic E-state index is -3.72.